The van der Waals surface area contributed by atoms with Crippen molar-refractivity contribution in [2.45, 2.75) is 12.6 Å². The molecule has 0 aliphatic rings. The van der Waals surface area contributed by atoms with Gasteiger partial charge in [0.2, 0.25) is 0 Å². The number of aliphatic hydroxyl groups excluding tert-OH is 1. The fourth-order valence-electron chi connectivity index (χ4n) is 1.18. The van der Waals surface area contributed by atoms with E-state index in [1.165, 1.54) is 6.20 Å². The van der Waals surface area contributed by atoms with Gasteiger partial charge in [0.05, 0.1) is 19.3 Å². The Morgan fingerprint density at radius 1 is 1.44 bits per heavy atom. The highest BCUT2D eigenvalue weighted by atomic mass is 31.2. The summed E-state index contributed by atoms with van der Waals surface area (Å²) in [4.78, 5) is 41.0. The quantitative estimate of drug-likeness (QED) is 0.443. The van der Waals surface area contributed by atoms with Gasteiger partial charge in [-0.2, -0.15) is 0 Å². The van der Waals surface area contributed by atoms with Crippen LogP contribution < -0.4 is 11.2 Å². The monoisotopic (exact) mass is 280 g/mol. The molecule has 0 amide bonds. The first-order valence-corrected chi connectivity index (χ1v) is 6.68. The maximum Gasteiger partial charge on any atom is 0.350 e. The van der Waals surface area contributed by atoms with Gasteiger partial charge in [0, 0.05) is 12.3 Å². The molecule has 1 unspecified atom stereocenters. The molecular formula is C8H13N2O7P. The highest BCUT2D eigenvalue weighted by Gasteiger charge is 2.14. The minimum atomic E-state index is -4.27. The van der Waals surface area contributed by atoms with E-state index >= 15 is 0 Å². The van der Waals surface area contributed by atoms with Gasteiger partial charge in [0.1, 0.15) is 6.35 Å². The third kappa shape index (κ3) is 5.39. The minimum absolute atomic E-state index is 0.156. The number of hydrogen-bond donors (Lipinski definition) is 4. The molecule has 1 rings (SSSR count). The number of aliphatic hydroxyl groups is 1. The van der Waals surface area contributed by atoms with E-state index in [0.29, 0.717) is 0 Å². The zero-order chi connectivity index (χ0) is 13.8. The number of ether oxygens (including phenoxy) is 1. The lowest BCUT2D eigenvalue weighted by atomic mass is 10.4. The Hall–Kier alpha value is -1.25. The summed E-state index contributed by atoms with van der Waals surface area (Å²) in [5.74, 6) is 0. The summed E-state index contributed by atoms with van der Waals surface area (Å²) in [7, 11) is -4.27. The molecule has 18 heavy (non-hydrogen) atoms. The molecule has 10 heteroatoms. The first kappa shape index (κ1) is 14.8. The average Bonchev–Trinajstić information content (AvgIpc) is 2.20. The Bertz CT molecular complexity index is 545. The van der Waals surface area contributed by atoms with Crippen LogP contribution >= 0.6 is 7.60 Å². The van der Waals surface area contributed by atoms with Gasteiger partial charge < -0.3 is 19.6 Å². The van der Waals surface area contributed by atoms with Crippen molar-refractivity contribution in [3.05, 3.63) is 33.1 Å². The zero-order valence-corrected chi connectivity index (χ0v) is 10.1. The molecule has 0 fully saturated rings. The van der Waals surface area contributed by atoms with Crippen molar-refractivity contribution in [3.63, 3.8) is 0 Å². The van der Waals surface area contributed by atoms with E-state index in [9.17, 15) is 19.3 Å². The SMILES string of the molecule is O=c1ccn(CC(O)COCP(=O)(O)O)c(=O)[nH]1. The first-order valence-electron chi connectivity index (χ1n) is 4.88. The van der Waals surface area contributed by atoms with Crippen LogP contribution in [0.15, 0.2) is 21.9 Å². The van der Waals surface area contributed by atoms with E-state index in [-0.39, 0.29) is 13.2 Å². The van der Waals surface area contributed by atoms with Crippen LogP contribution in [0.25, 0.3) is 0 Å². The maximum atomic E-state index is 11.2. The first-order chi connectivity index (χ1) is 8.28. The molecular weight excluding hydrogens is 267 g/mol. The molecule has 1 aromatic heterocycles. The Morgan fingerprint density at radius 3 is 2.67 bits per heavy atom. The van der Waals surface area contributed by atoms with Crippen LogP contribution in [0, 0.1) is 0 Å². The van der Waals surface area contributed by atoms with Gasteiger partial charge in [-0.05, 0) is 0 Å². The van der Waals surface area contributed by atoms with Crippen molar-refractivity contribution >= 4 is 7.60 Å². The fourth-order valence-corrected chi connectivity index (χ4v) is 1.52. The maximum absolute atomic E-state index is 11.2. The van der Waals surface area contributed by atoms with E-state index < -0.39 is 31.3 Å². The van der Waals surface area contributed by atoms with Gasteiger partial charge in [-0.25, -0.2) is 4.79 Å². The van der Waals surface area contributed by atoms with Crippen LogP contribution in [0.1, 0.15) is 0 Å². The van der Waals surface area contributed by atoms with Crippen LogP contribution in [0.5, 0.6) is 0 Å². The highest BCUT2D eigenvalue weighted by molar-refractivity contribution is 7.51. The van der Waals surface area contributed by atoms with Crippen LogP contribution in [0.4, 0.5) is 0 Å². The predicted molar refractivity (Wildman–Crippen MR) is 60.2 cm³/mol. The Labute approximate surface area is 101 Å². The van der Waals surface area contributed by atoms with Crippen molar-refractivity contribution in [2.75, 3.05) is 13.0 Å². The number of aromatic nitrogens is 2. The normalized spacial score (nSPS) is 13.5. The number of nitrogens with zero attached hydrogens (tertiary/aromatic N) is 1. The third-order valence-corrected chi connectivity index (χ3v) is 2.39. The lowest BCUT2D eigenvalue weighted by molar-refractivity contribution is 0.0400. The number of aromatic amines is 1. The fraction of sp³-hybridized carbons (Fsp3) is 0.500. The second kappa shape index (κ2) is 6.07. The van der Waals surface area contributed by atoms with Gasteiger partial charge in [-0.3, -0.25) is 18.9 Å². The summed E-state index contributed by atoms with van der Waals surface area (Å²) in [5.41, 5.74) is -1.24. The average molecular weight is 280 g/mol. The summed E-state index contributed by atoms with van der Waals surface area (Å²) < 4.78 is 16.1. The summed E-state index contributed by atoms with van der Waals surface area (Å²) >= 11 is 0. The van der Waals surface area contributed by atoms with Gasteiger partial charge >= 0.3 is 13.3 Å². The largest absolute Gasteiger partial charge is 0.389 e. The molecule has 0 spiro atoms. The molecule has 0 radical (unpaired) electrons. The molecule has 9 nitrogen and oxygen atoms in total. The van der Waals surface area contributed by atoms with Crippen LogP contribution in [-0.4, -0.2) is 43.5 Å². The standard InChI is InChI=1S/C8H13N2O7P/c11-6(4-17-5-18(14,15)16)3-10-2-1-7(12)9-8(10)13/h1-2,6,11H,3-5H2,(H,9,12,13)(H2,14,15,16). The van der Waals surface area contributed by atoms with Crippen LogP contribution in [0.3, 0.4) is 0 Å². The molecule has 0 aliphatic heterocycles. The predicted octanol–water partition coefficient (Wildman–Crippen LogP) is -1.95. The van der Waals surface area contributed by atoms with Crippen molar-refractivity contribution < 1.29 is 24.2 Å². The number of H-pyrrole nitrogens is 1. The van der Waals surface area contributed by atoms with E-state index in [4.69, 9.17) is 9.79 Å². The second-order valence-electron chi connectivity index (χ2n) is 3.58. The van der Waals surface area contributed by atoms with E-state index in [1.54, 1.807) is 0 Å². The smallest absolute Gasteiger partial charge is 0.350 e. The Kier molecular flexibility index (Phi) is 5.00. The van der Waals surface area contributed by atoms with Crippen molar-refractivity contribution in [1.82, 2.24) is 9.55 Å². The number of nitrogens with one attached hydrogen (secondary N) is 1. The van der Waals surface area contributed by atoms with Gasteiger partial charge in [0.25, 0.3) is 5.56 Å². The summed E-state index contributed by atoms with van der Waals surface area (Å²) in [6, 6.07) is 1.12. The molecule has 4 N–H and O–H groups in total. The van der Waals surface area contributed by atoms with E-state index in [0.717, 1.165) is 10.6 Å². The topological polar surface area (TPSA) is 142 Å². The summed E-state index contributed by atoms with van der Waals surface area (Å²) in [6.45, 7) is -0.493. The molecule has 1 heterocycles. The third-order valence-electron chi connectivity index (χ3n) is 1.87. The van der Waals surface area contributed by atoms with Crippen LogP contribution in [0.2, 0.25) is 0 Å². The molecule has 102 valence electrons. The minimum Gasteiger partial charge on any atom is -0.389 e. The van der Waals surface area contributed by atoms with Gasteiger partial charge in [0.15, 0.2) is 0 Å². The number of hydrogen-bond acceptors (Lipinski definition) is 5. The molecule has 0 saturated heterocycles. The second-order valence-corrected chi connectivity index (χ2v) is 5.17. The van der Waals surface area contributed by atoms with Crippen LogP contribution in [-0.2, 0) is 15.8 Å². The summed E-state index contributed by atoms with van der Waals surface area (Å²) in [6.07, 6.45) is -0.724. The lowest BCUT2D eigenvalue weighted by Crippen LogP contribution is -2.33. The molecule has 1 atom stereocenters. The van der Waals surface area contributed by atoms with Gasteiger partial charge in [-0.15, -0.1) is 0 Å². The van der Waals surface area contributed by atoms with Crippen molar-refractivity contribution in [2.24, 2.45) is 0 Å². The molecule has 0 saturated carbocycles. The molecule has 0 aromatic carbocycles. The molecule has 0 aliphatic carbocycles. The van der Waals surface area contributed by atoms with Crippen molar-refractivity contribution in [3.8, 4) is 0 Å². The number of rotatable bonds is 6. The highest BCUT2D eigenvalue weighted by Crippen LogP contribution is 2.33. The van der Waals surface area contributed by atoms with Crippen molar-refractivity contribution in [1.29, 1.82) is 0 Å². The Balaban J connectivity index is 2.50. The van der Waals surface area contributed by atoms with Gasteiger partial charge in [-0.1, -0.05) is 0 Å². The Morgan fingerprint density at radius 2 is 2.11 bits per heavy atom. The summed E-state index contributed by atoms with van der Waals surface area (Å²) in [5, 5.41) is 9.46. The van der Waals surface area contributed by atoms with E-state index in [2.05, 4.69) is 4.74 Å². The van der Waals surface area contributed by atoms with E-state index in [1.807, 2.05) is 4.98 Å². The zero-order valence-electron chi connectivity index (χ0n) is 9.22. The molecule has 0 bridgehead atoms. The lowest BCUT2D eigenvalue weighted by Gasteiger charge is -2.12. The molecule has 1 aromatic rings.